The molecule has 4 heteroatoms. The first-order chi connectivity index (χ1) is 14.2. The van der Waals surface area contributed by atoms with Crippen LogP contribution in [0.5, 0.6) is 0 Å². The maximum atomic E-state index is 4.51. The van der Waals surface area contributed by atoms with Crippen molar-refractivity contribution >= 4 is 27.8 Å². The summed E-state index contributed by atoms with van der Waals surface area (Å²) in [7, 11) is 0. The molecule has 4 nitrogen and oxygen atoms in total. The lowest BCUT2D eigenvalue weighted by molar-refractivity contribution is 0.109. The second-order valence-electron chi connectivity index (χ2n) is 8.01. The van der Waals surface area contributed by atoms with E-state index >= 15 is 0 Å². The molecule has 150 valence electrons. The average molecular weight is 387 g/mol. The first kappa shape index (κ1) is 19.6. The van der Waals surface area contributed by atoms with E-state index in [9.17, 15) is 0 Å². The fourth-order valence-electron chi connectivity index (χ4n) is 4.37. The van der Waals surface area contributed by atoms with Crippen LogP contribution in [0.15, 0.2) is 77.0 Å². The number of hydrogen-bond acceptors (Lipinski definition) is 4. The van der Waals surface area contributed by atoms with E-state index in [1.165, 1.54) is 24.6 Å². The normalized spacial score (nSPS) is 20.3. The molecule has 0 spiro atoms. The molecule has 29 heavy (non-hydrogen) atoms. The summed E-state index contributed by atoms with van der Waals surface area (Å²) in [6.45, 7) is 6.74. The van der Waals surface area contributed by atoms with Crippen LogP contribution in [0, 0.1) is 0 Å². The molecule has 0 saturated carbocycles. The highest BCUT2D eigenvalue weighted by molar-refractivity contribution is 6.00. The fraction of sp³-hybridized carbons (Fsp3) is 0.360. The van der Waals surface area contributed by atoms with Gasteiger partial charge in [-0.3, -0.25) is 4.90 Å². The Morgan fingerprint density at radius 3 is 2.28 bits per heavy atom. The zero-order valence-corrected chi connectivity index (χ0v) is 17.4. The van der Waals surface area contributed by atoms with Crippen molar-refractivity contribution in [1.29, 1.82) is 0 Å². The Bertz CT molecular complexity index is 957. The Morgan fingerprint density at radius 2 is 1.52 bits per heavy atom. The van der Waals surface area contributed by atoms with E-state index in [1.807, 2.05) is 30.3 Å². The van der Waals surface area contributed by atoms with Crippen molar-refractivity contribution in [2.75, 3.05) is 18.4 Å². The zero-order chi connectivity index (χ0) is 20.1. The van der Waals surface area contributed by atoms with Crippen LogP contribution in [0.25, 0.3) is 10.8 Å². The van der Waals surface area contributed by atoms with Crippen molar-refractivity contribution in [2.24, 2.45) is 10.2 Å². The summed E-state index contributed by atoms with van der Waals surface area (Å²) < 4.78 is 0. The minimum absolute atomic E-state index is 0.679. The predicted molar refractivity (Wildman–Crippen MR) is 123 cm³/mol. The number of piperidine rings is 1. The second-order valence-corrected chi connectivity index (χ2v) is 8.01. The summed E-state index contributed by atoms with van der Waals surface area (Å²) in [6, 6.07) is 23.8. The summed E-state index contributed by atoms with van der Waals surface area (Å²) in [5.41, 5.74) is 2.92. The molecule has 1 heterocycles. The van der Waals surface area contributed by atoms with Crippen molar-refractivity contribution in [1.82, 2.24) is 4.90 Å². The van der Waals surface area contributed by atoms with E-state index in [0.29, 0.717) is 12.1 Å². The van der Waals surface area contributed by atoms with Gasteiger partial charge in [0.15, 0.2) is 0 Å². The number of benzene rings is 3. The Hall–Kier alpha value is -2.72. The van der Waals surface area contributed by atoms with Gasteiger partial charge in [-0.05, 0) is 51.0 Å². The number of hydrogen-bond donors (Lipinski definition) is 1. The SMILES string of the molecule is C[C@@H]1CCC[C@H](C)N1CCNc1ccc(N=Nc2ccccc2)c2ccccc12. The van der Waals surface area contributed by atoms with Crippen molar-refractivity contribution < 1.29 is 0 Å². The molecule has 3 aromatic rings. The lowest BCUT2D eigenvalue weighted by Crippen LogP contribution is -2.45. The Labute approximate surface area is 173 Å². The van der Waals surface area contributed by atoms with E-state index in [2.05, 4.69) is 70.7 Å². The number of azo groups is 1. The van der Waals surface area contributed by atoms with Gasteiger partial charge in [-0.25, -0.2) is 0 Å². The third-order valence-electron chi connectivity index (χ3n) is 5.99. The summed E-state index contributed by atoms with van der Waals surface area (Å²) in [6.07, 6.45) is 3.98. The molecule has 1 aliphatic rings. The van der Waals surface area contributed by atoms with E-state index in [-0.39, 0.29) is 0 Å². The van der Waals surface area contributed by atoms with Crippen LogP contribution in [0.1, 0.15) is 33.1 Å². The van der Waals surface area contributed by atoms with Crippen LogP contribution in [-0.2, 0) is 0 Å². The molecule has 1 N–H and O–H groups in total. The molecule has 0 aromatic heterocycles. The number of nitrogens with one attached hydrogen (secondary N) is 1. The Balaban J connectivity index is 1.50. The van der Waals surface area contributed by atoms with Gasteiger partial charge in [0, 0.05) is 41.6 Å². The predicted octanol–water partition coefficient (Wildman–Crippen LogP) is 6.93. The van der Waals surface area contributed by atoms with Gasteiger partial charge in [0.05, 0.1) is 11.4 Å². The second kappa shape index (κ2) is 9.19. The number of rotatable bonds is 6. The van der Waals surface area contributed by atoms with E-state index in [4.69, 9.17) is 0 Å². The highest BCUT2D eigenvalue weighted by atomic mass is 15.2. The first-order valence-corrected chi connectivity index (χ1v) is 10.7. The standard InChI is InChI=1S/C25H30N4/c1-19-9-8-10-20(2)29(19)18-17-26-24-15-16-25(23-14-7-6-13-22(23)24)28-27-21-11-4-3-5-12-21/h3-7,11-16,19-20,26H,8-10,17-18H2,1-2H3/t19-,20+. The highest BCUT2D eigenvalue weighted by Crippen LogP contribution is 2.33. The first-order valence-electron chi connectivity index (χ1n) is 10.7. The maximum absolute atomic E-state index is 4.51. The smallest absolute Gasteiger partial charge is 0.0936 e. The minimum atomic E-state index is 0.679. The third-order valence-corrected chi connectivity index (χ3v) is 5.99. The molecule has 1 aliphatic heterocycles. The summed E-state index contributed by atoms with van der Waals surface area (Å²) in [5.74, 6) is 0. The Morgan fingerprint density at radius 1 is 0.828 bits per heavy atom. The van der Waals surface area contributed by atoms with Crippen LogP contribution in [0.2, 0.25) is 0 Å². The van der Waals surface area contributed by atoms with Crippen molar-refractivity contribution in [3.8, 4) is 0 Å². The molecule has 2 atom stereocenters. The molecule has 0 bridgehead atoms. The molecule has 0 amide bonds. The zero-order valence-electron chi connectivity index (χ0n) is 17.4. The van der Waals surface area contributed by atoms with E-state index < -0.39 is 0 Å². The molecule has 3 aromatic carbocycles. The summed E-state index contributed by atoms with van der Waals surface area (Å²) in [5, 5.41) is 14.9. The van der Waals surface area contributed by atoms with Crippen LogP contribution < -0.4 is 5.32 Å². The van der Waals surface area contributed by atoms with E-state index in [0.717, 1.165) is 35.5 Å². The topological polar surface area (TPSA) is 40.0 Å². The molecule has 1 saturated heterocycles. The molecular formula is C25H30N4. The fourth-order valence-corrected chi connectivity index (χ4v) is 4.37. The minimum Gasteiger partial charge on any atom is -0.383 e. The van der Waals surface area contributed by atoms with Crippen LogP contribution in [0.4, 0.5) is 17.1 Å². The third kappa shape index (κ3) is 4.65. The number of nitrogens with zero attached hydrogens (tertiary/aromatic N) is 3. The van der Waals surface area contributed by atoms with Gasteiger partial charge in [-0.1, -0.05) is 48.9 Å². The van der Waals surface area contributed by atoms with Crippen molar-refractivity contribution in [2.45, 2.75) is 45.2 Å². The van der Waals surface area contributed by atoms with Crippen LogP contribution in [0.3, 0.4) is 0 Å². The molecule has 0 radical (unpaired) electrons. The Kier molecular flexibility index (Phi) is 6.20. The van der Waals surface area contributed by atoms with Crippen molar-refractivity contribution in [3.05, 3.63) is 66.7 Å². The average Bonchev–Trinajstić information content (AvgIpc) is 2.75. The molecule has 0 unspecified atom stereocenters. The number of likely N-dealkylation sites (tertiary alicyclic amines) is 1. The lowest BCUT2D eigenvalue weighted by Gasteiger charge is -2.39. The van der Waals surface area contributed by atoms with Gasteiger partial charge in [-0.2, -0.15) is 5.11 Å². The quantitative estimate of drug-likeness (QED) is 0.467. The van der Waals surface area contributed by atoms with Crippen LogP contribution in [-0.4, -0.2) is 30.1 Å². The maximum Gasteiger partial charge on any atom is 0.0936 e. The lowest BCUT2D eigenvalue weighted by atomic mass is 9.98. The van der Waals surface area contributed by atoms with Gasteiger partial charge >= 0.3 is 0 Å². The molecule has 1 fully saturated rings. The molecule has 4 rings (SSSR count). The van der Waals surface area contributed by atoms with Crippen molar-refractivity contribution in [3.63, 3.8) is 0 Å². The van der Waals surface area contributed by atoms with Gasteiger partial charge in [0.2, 0.25) is 0 Å². The monoisotopic (exact) mass is 386 g/mol. The number of anilines is 1. The highest BCUT2D eigenvalue weighted by Gasteiger charge is 2.23. The van der Waals surface area contributed by atoms with Gasteiger partial charge in [0.1, 0.15) is 0 Å². The van der Waals surface area contributed by atoms with Gasteiger partial charge in [0.25, 0.3) is 0 Å². The van der Waals surface area contributed by atoms with E-state index in [1.54, 1.807) is 0 Å². The summed E-state index contributed by atoms with van der Waals surface area (Å²) in [4.78, 5) is 2.64. The number of fused-ring (bicyclic) bond motifs is 1. The molecule has 0 aliphatic carbocycles. The van der Waals surface area contributed by atoms with Crippen LogP contribution >= 0.6 is 0 Å². The summed E-state index contributed by atoms with van der Waals surface area (Å²) >= 11 is 0. The van der Waals surface area contributed by atoms with Gasteiger partial charge in [-0.15, -0.1) is 5.11 Å². The largest absolute Gasteiger partial charge is 0.383 e. The molecular weight excluding hydrogens is 356 g/mol. The van der Waals surface area contributed by atoms with Gasteiger partial charge < -0.3 is 5.32 Å².